The van der Waals surface area contributed by atoms with E-state index >= 15 is 0 Å². The van der Waals surface area contributed by atoms with Crippen LogP contribution in [-0.4, -0.2) is 23.9 Å². The molecule has 1 fully saturated rings. The zero-order valence-electron chi connectivity index (χ0n) is 14.3. The first-order chi connectivity index (χ1) is 10.3. The molecule has 0 amide bonds. The predicted octanol–water partition coefficient (Wildman–Crippen LogP) is 5.62. The Morgan fingerprint density at radius 1 is 0.905 bits per heavy atom. The molecule has 0 aromatic rings. The molecule has 2 heteroatoms. The zero-order chi connectivity index (χ0) is 15.2. The third-order valence-electron chi connectivity index (χ3n) is 4.70. The molecule has 2 unspecified atom stereocenters. The van der Waals surface area contributed by atoms with Crippen molar-refractivity contribution in [1.29, 1.82) is 0 Å². The number of ether oxygens (including phenoxy) is 1. The summed E-state index contributed by atoms with van der Waals surface area (Å²) >= 11 is 0. The number of aliphatic hydroxyl groups excluding tert-OH is 1. The molecule has 0 aromatic heterocycles. The Morgan fingerprint density at radius 3 is 2.10 bits per heavy atom. The van der Waals surface area contributed by atoms with Crippen molar-refractivity contribution in [1.82, 2.24) is 0 Å². The molecule has 0 saturated carbocycles. The molecule has 0 bridgehead atoms. The lowest BCUT2D eigenvalue weighted by Crippen LogP contribution is -2.24. The Hall–Kier alpha value is -0.0800. The molecule has 1 aliphatic rings. The minimum atomic E-state index is -0.137. The van der Waals surface area contributed by atoms with Gasteiger partial charge < -0.3 is 9.84 Å². The van der Waals surface area contributed by atoms with Gasteiger partial charge in [0.1, 0.15) is 0 Å². The van der Waals surface area contributed by atoms with Crippen LogP contribution in [-0.2, 0) is 4.74 Å². The Morgan fingerprint density at radius 2 is 1.52 bits per heavy atom. The first kappa shape index (κ1) is 19.0. The fraction of sp³-hybridized carbons (Fsp3) is 1.00. The van der Waals surface area contributed by atoms with Crippen LogP contribution in [0.3, 0.4) is 0 Å². The molecular formula is C19H38O2. The maximum absolute atomic E-state index is 10.0. The molecule has 1 N–H and O–H groups in total. The molecule has 1 aliphatic heterocycles. The lowest BCUT2D eigenvalue weighted by atomic mass is 9.99. The van der Waals surface area contributed by atoms with Gasteiger partial charge in [-0.05, 0) is 32.1 Å². The second-order valence-electron chi connectivity index (χ2n) is 6.85. The van der Waals surface area contributed by atoms with Gasteiger partial charge in [0.15, 0.2) is 0 Å². The van der Waals surface area contributed by atoms with Gasteiger partial charge in [0, 0.05) is 6.61 Å². The Kier molecular flexibility index (Phi) is 12.3. The molecule has 1 heterocycles. The van der Waals surface area contributed by atoms with Gasteiger partial charge in [-0.1, -0.05) is 71.1 Å². The van der Waals surface area contributed by atoms with Gasteiger partial charge in [0.05, 0.1) is 12.2 Å². The van der Waals surface area contributed by atoms with Crippen LogP contribution in [0.1, 0.15) is 103 Å². The Balaban J connectivity index is 1.80. The number of aliphatic hydroxyl groups is 1. The minimum Gasteiger partial charge on any atom is -0.393 e. The van der Waals surface area contributed by atoms with E-state index < -0.39 is 0 Å². The number of hydrogen-bond acceptors (Lipinski definition) is 2. The maximum Gasteiger partial charge on any atom is 0.0599 e. The van der Waals surface area contributed by atoms with Crippen LogP contribution in [0.15, 0.2) is 0 Å². The molecule has 126 valence electrons. The van der Waals surface area contributed by atoms with Crippen molar-refractivity contribution in [2.75, 3.05) is 6.61 Å². The highest BCUT2D eigenvalue weighted by Gasteiger charge is 2.17. The summed E-state index contributed by atoms with van der Waals surface area (Å²) in [5.74, 6) is 0. The molecule has 2 nitrogen and oxygen atoms in total. The average molecular weight is 299 g/mol. The topological polar surface area (TPSA) is 29.5 Å². The van der Waals surface area contributed by atoms with Crippen LogP contribution < -0.4 is 0 Å². The van der Waals surface area contributed by atoms with Crippen LogP contribution in [0, 0.1) is 0 Å². The van der Waals surface area contributed by atoms with Crippen molar-refractivity contribution in [2.45, 2.75) is 115 Å². The summed E-state index contributed by atoms with van der Waals surface area (Å²) in [6, 6.07) is 0. The van der Waals surface area contributed by atoms with Crippen LogP contribution in [0.25, 0.3) is 0 Å². The monoisotopic (exact) mass is 298 g/mol. The summed E-state index contributed by atoms with van der Waals surface area (Å²) in [5.41, 5.74) is 0. The zero-order valence-corrected chi connectivity index (χ0v) is 14.3. The third kappa shape index (κ3) is 11.2. The second kappa shape index (κ2) is 13.6. The highest BCUT2D eigenvalue weighted by Crippen LogP contribution is 2.19. The van der Waals surface area contributed by atoms with Crippen LogP contribution in [0.4, 0.5) is 0 Å². The number of rotatable bonds is 13. The lowest BCUT2D eigenvalue weighted by Gasteiger charge is -2.24. The molecule has 1 saturated heterocycles. The molecule has 0 aromatic carbocycles. The van der Waals surface area contributed by atoms with E-state index in [4.69, 9.17) is 4.74 Å². The molecule has 0 spiro atoms. The summed E-state index contributed by atoms with van der Waals surface area (Å²) in [6.45, 7) is 3.17. The largest absolute Gasteiger partial charge is 0.393 e. The number of hydrogen-bond donors (Lipinski definition) is 1. The van der Waals surface area contributed by atoms with Crippen molar-refractivity contribution < 1.29 is 9.84 Å². The van der Waals surface area contributed by atoms with E-state index in [0.717, 1.165) is 25.9 Å². The Labute approximate surface area is 132 Å². The first-order valence-corrected chi connectivity index (χ1v) is 9.62. The van der Waals surface area contributed by atoms with Crippen LogP contribution >= 0.6 is 0 Å². The van der Waals surface area contributed by atoms with Gasteiger partial charge in [-0.3, -0.25) is 0 Å². The van der Waals surface area contributed by atoms with Gasteiger partial charge in [0.2, 0.25) is 0 Å². The highest BCUT2D eigenvalue weighted by molar-refractivity contribution is 4.68. The third-order valence-corrected chi connectivity index (χ3v) is 4.70. The first-order valence-electron chi connectivity index (χ1n) is 9.62. The molecule has 0 radical (unpaired) electrons. The van der Waals surface area contributed by atoms with E-state index in [9.17, 15) is 5.11 Å². The smallest absolute Gasteiger partial charge is 0.0599 e. The van der Waals surface area contributed by atoms with Crippen molar-refractivity contribution in [2.24, 2.45) is 0 Å². The predicted molar refractivity (Wildman–Crippen MR) is 90.7 cm³/mol. The molecule has 0 aliphatic carbocycles. The SMILES string of the molecule is CCCCCCCCCCCCC(O)CC1CCCCO1. The molecule has 1 rings (SSSR count). The standard InChI is InChI=1S/C19H38O2/c1-2-3-4-5-6-7-8-9-10-11-14-18(20)17-19-15-12-13-16-21-19/h18-20H,2-17H2,1H3. The highest BCUT2D eigenvalue weighted by atomic mass is 16.5. The van der Waals surface area contributed by atoms with Gasteiger partial charge in [-0.15, -0.1) is 0 Å². The van der Waals surface area contributed by atoms with E-state index in [2.05, 4.69) is 6.92 Å². The summed E-state index contributed by atoms with van der Waals surface area (Å²) in [4.78, 5) is 0. The van der Waals surface area contributed by atoms with E-state index in [1.807, 2.05) is 0 Å². The van der Waals surface area contributed by atoms with Gasteiger partial charge in [-0.25, -0.2) is 0 Å². The fourth-order valence-corrected chi connectivity index (χ4v) is 3.28. The quantitative estimate of drug-likeness (QED) is 0.447. The normalized spacial score (nSPS) is 20.6. The molecule has 2 atom stereocenters. The van der Waals surface area contributed by atoms with E-state index in [1.54, 1.807) is 0 Å². The van der Waals surface area contributed by atoms with E-state index in [0.29, 0.717) is 6.10 Å². The van der Waals surface area contributed by atoms with Crippen LogP contribution in [0.5, 0.6) is 0 Å². The van der Waals surface area contributed by atoms with Crippen molar-refractivity contribution in [3.63, 3.8) is 0 Å². The van der Waals surface area contributed by atoms with E-state index in [-0.39, 0.29) is 6.10 Å². The maximum atomic E-state index is 10.0. The van der Waals surface area contributed by atoms with Gasteiger partial charge >= 0.3 is 0 Å². The number of unbranched alkanes of at least 4 members (excludes halogenated alkanes) is 9. The average Bonchev–Trinajstić information content (AvgIpc) is 2.50. The summed E-state index contributed by atoms with van der Waals surface area (Å²) in [7, 11) is 0. The second-order valence-corrected chi connectivity index (χ2v) is 6.85. The van der Waals surface area contributed by atoms with E-state index in [1.165, 1.54) is 77.0 Å². The summed E-state index contributed by atoms with van der Waals surface area (Å²) in [6.07, 6.45) is 19.3. The van der Waals surface area contributed by atoms with Gasteiger partial charge in [0.25, 0.3) is 0 Å². The molecule has 21 heavy (non-hydrogen) atoms. The van der Waals surface area contributed by atoms with Crippen molar-refractivity contribution in [3.8, 4) is 0 Å². The van der Waals surface area contributed by atoms with Crippen molar-refractivity contribution >= 4 is 0 Å². The van der Waals surface area contributed by atoms with Crippen LogP contribution in [0.2, 0.25) is 0 Å². The minimum absolute atomic E-state index is 0.137. The lowest BCUT2D eigenvalue weighted by molar-refractivity contribution is -0.0167. The van der Waals surface area contributed by atoms with Crippen molar-refractivity contribution in [3.05, 3.63) is 0 Å². The Bertz CT molecular complexity index is 212. The summed E-state index contributed by atoms with van der Waals surface area (Å²) < 4.78 is 5.69. The summed E-state index contributed by atoms with van der Waals surface area (Å²) in [5, 5.41) is 10.0. The molecular weight excluding hydrogens is 260 g/mol. The van der Waals surface area contributed by atoms with Gasteiger partial charge in [-0.2, -0.15) is 0 Å². The fourth-order valence-electron chi connectivity index (χ4n) is 3.28.